The molecule has 25 heavy (non-hydrogen) atoms. The highest BCUT2D eigenvalue weighted by atomic mass is 32.1. The average molecular weight is 358 g/mol. The van der Waals surface area contributed by atoms with E-state index in [2.05, 4.69) is 30.5 Å². The maximum absolute atomic E-state index is 12.5. The summed E-state index contributed by atoms with van der Waals surface area (Å²) in [5.41, 5.74) is 0.385. The van der Waals surface area contributed by atoms with Crippen LogP contribution < -0.4 is 15.5 Å². The van der Waals surface area contributed by atoms with Crippen molar-refractivity contribution in [3.05, 3.63) is 29.0 Å². The van der Waals surface area contributed by atoms with Gasteiger partial charge in [-0.05, 0) is 50.8 Å². The summed E-state index contributed by atoms with van der Waals surface area (Å²) < 4.78 is 0. The van der Waals surface area contributed by atoms with E-state index >= 15 is 0 Å². The summed E-state index contributed by atoms with van der Waals surface area (Å²) in [4.78, 5) is 29.0. The number of anilines is 2. The van der Waals surface area contributed by atoms with Gasteiger partial charge in [-0.2, -0.15) is 0 Å². The van der Waals surface area contributed by atoms with Gasteiger partial charge in [-0.15, -0.1) is 11.3 Å². The van der Waals surface area contributed by atoms with E-state index in [-0.39, 0.29) is 5.91 Å². The lowest BCUT2D eigenvalue weighted by molar-refractivity contribution is 0.102. The van der Waals surface area contributed by atoms with Crippen LogP contribution in [0.25, 0.3) is 0 Å². The Balaban J connectivity index is 1.43. The number of rotatable bonds is 4. The molecule has 4 heterocycles. The summed E-state index contributed by atoms with van der Waals surface area (Å²) >= 11 is 1.57. The number of hydrogen-bond donors (Lipinski definition) is 2. The van der Waals surface area contributed by atoms with Gasteiger partial charge in [0.25, 0.3) is 5.91 Å². The van der Waals surface area contributed by atoms with Crippen molar-refractivity contribution in [1.82, 2.24) is 20.3 Å². The Hall–Kier alpha value is -2.06. The van der Waals surface area contributed by atoms with Crippen molar-refractivity contribution in [2.45, 2.75) is 31.6 Å². The minimum absolute atomic E-state index is 0.228. The van der Waals surface area contributed by atoms with Gasteiger partial charge in [-0.1, -0.05) is 0 Å². The molecule has 0 radical (unpaired) electrons. The SMILES string of the molecule is O=C(Nc1ncc(C2CCNCC2)s1)c1ccnc(N2CCCC2)n1. The fourth-order valence-electron chi connectivity index (χ4n) is 3.35. The van der Waals surface area contributed by atoms with Gasteiger partial charge in [0.2, 0.25) is 5.95 Å². The first-order chi connectivity index (χ1) is 12.3. The summed E-state index contributed by atoms with van der Waals surface area (Å²) in [7, 11) is 0. The lowest BCUT2D eigenvalue weighted by Gasteiger charge is -2.20. The topological polar surface area (TPSA) is 83.0 Å². The summed E-state index contributed by atoms with van der Waals surface area (Å²) in [6.07, 6.45) is 8.10. The van der Waals surface area contributed by atoms with E-state index in [1.165, 1.54) is 4.88 Å². The van der Waals surface area contributed by atoms with Crippen molar-refractivity contribution in [1.29, 1.82) is 0 Å². The Morgan fingerprint density at radius 3 is 2.84 bits per heavy atom. The lowest BCUT2D eigenvalue weighted by atomic mass is 9.97. The first-order valence-corrected chi connectivity index (χ1v) is 9.67. The van der Waals surface area contributed by atoms with Crippen molar-refractivity contribution in [2.24, 2.45) is 0 Å². The smallest absolute Gasteiger partial charge is 0.276 e. The molecular weight excluding hydrogens is 336 g/mol. The Morgan fingerprint density at radius 2 is 2.04 bits per heavy atom. The number of carbonyl (C=O) groups is 1. The van der Waals surface area contributed by atoms with E-state index < -0.39 is 0 Å². The van der Waals surface area contributed by atoms with Crippen molar-refractivity contribution in [2.75, 3.05) is 36.4 Å². The second-order valence-electron chi connectivity index (χ2n) is 6.48. The van der Waals surface area contributed by atoms with Gasteiger partial charge >= 0.3 is 0 Å². The zero-order chi connectivity index (χ0) is 17.1. The number of hydrogen-bond acceptors (Lipinski definition) is 7. The van der Waals surface area contributed by atoms with E-state index in [0.29, 0.717) is 22.7 Å². The molecule has 2 aromatic heterocycles. The molecule has 2 fully saturated rings. The number of piperidine rings is 1. The Bertz CT molecular complexity index is 736. The van der Waals surface area contributed by atoms with Crippen LogP contribution in [-0.2, 0) is 0 Å². The van der Waals surface area contributed by atoms with Crippen molar-refractivity contribution < 1.29 is 4.79 Å². The molecule has 0 spiro atoms. The molecule has 2 aliphatic heterocycles. The maximum Gasteiger partial charge on any atom is 0.276 e. The predicted molar refractivity (Wildman–Crippen MR) is 98.4 cm³/mol. The fourth-order valence-corrected chi connectivity index (χ4v) is 4.33. The van der Waals surface area contributed by atoms with Gasteiger partial charge < -0.3 is 10.2 Å². The van der Waals surface area contributed by atoms with Gasteiger partial charge in [0, 0.05) is 30.4 Å². The zero-order valence-corrected chi connectivity index (χ0v) is 14.9. The predicted octanol–water partition coefficient (Wildman–Crippen LogP) is 2.25. The quantitative estimate of drug-likeness (QED) is 0.872. The summed E-state index contributed by atoms with van der Waals surface area (Å²) in [6, 6.07) is 1.65. The highest BCUT2D eigenvalue weighted by molar-refractivity contribution is 7.15. The minimum Gasteiger partial charge on any atom is -0.341 e. The molecule has 2 aromatic rings. The number of nitrogens with zero attached hydrogens (tertiary/aromatic N) is 4. The molecule has 0 atom stereocenters. The normalized spacial score (nSPS) is 18.5. The van der Waals surface area contributed by atoms with E-state index in [4.69, 9.17) is 0 Å². The van der Waals surface area contributed by atoms with Crippen molar-refractivity contribution >= 4 is 28.3 Å². The van der Waals surface area contributed by atoms with Crippen LogP contribution >= 0.6 is 11.3 Å². The van der Waals surface area contributed by atoms with E-state index in [1.54, 1.807) is 23.6 Å². The first-order valence-electron chi connectivity index (χ1n) is 8.85. The number of carbonyl (C=O) groups excluding carboxylic acids is 1. The number of thiazole rings is 1. The van der Waals surface area contributed by atoms with Crippen LogP contribution in [0.1, 0.15) is 47.0 Å². The van der Waals surface area contributed by atoms with Gasteiger partial charge in [-0.25, -0.2) is 15.0 Å². The molecule has 0 saturated carbocycles. The summed E-state index contributed by atoms with van der Waals surface area (Å²) in [5.74, 6) is 0.957. The molecule has 1 amide bonds. The molecule has 0 aromatic carbocycles. The van der Waals surface area contributed by atoms with Gasteiger partial charge in [0.15, 0.2) is 5.13 Å². The number of aromatic nitrogens is 3. The van der Waals surface area contributed by atoms with Crippen LogP contribution in [0.2, 0.25) is 0 Å². The molecule has 2 saturated heterocycles. The van der Waals surface area contributed by atoms with Crippen LogP contribution in [0.5, 0.6) is 0 Å². The van der Waals surface area contributed by atoms with E-state index in [9.17, 15) is 4.79 Å². The standard InChI is InChI=1S/C17H22N6OS/c24-15(13-5-8-19-16(21-13)23-9-1-2-10-23)22-17-20-11-14(25-17)12-3-6-18-7-4-12/h5,8,11-12,18H,1-4,6-7,9-10H2,(H,20,22,24). The molecule has 132 valence electrons. The van der Waals surface area contributed by atoms with Crippen LogP contribution in [0.15, 0.2) is 18.5 Å². The minimum atomic E-state index is -0.228. The highest BCUT2D eigenvalue weighted by Gasteiger charge is 2.20. The Kier molecular flexibility index (Phi) is 4.89. The molecule has 2 N–H and O–H groups in total. The zero-order valence-electron chi connectivity index (χ0n) is 14.1. The van der Waals surface area contributed by atoms with Gasteiger partial charge in [0.05, 0.1) is 0 Å². The van der Waals surface area contributed by atoms with Gasteiger partial charge in [0.1, 0.15) is 5.69 Å². The average Bonchev–Trinajstić information content (AvgIpc) is 3.35. The van der Waals surface area contributed by atoms with Gasteiger partial charge in [-0.3, -0.25) is 10.1 Å². The molecule has 4 rings (SSSR count). The molecule has 8 heteroatoms. The number of nitrogens with one attached hydrogen (secondary N) is 2. The molecule has 2 aliphatic rings. The summed E-state index contributed by atoms with van der Waals surface area (Å²) in [6.45, 7) is 4.00. The van der Waals surface area contributed by atoms with Crippen LogP contribution in [-0.4, -0.2) is 47.0 Å². The monoisotopic (exact) mass is 358 g/mol. The first kappa shape index (κ1) is 16.4. The van der Waals surface area contributed by atoms with Crippen molar-refractivity contribution in [3.8, 4) is 0 Å². The Morgan fingerprint density at radius 1 is 1.24 bits per heavy atom. The molecular formula is C17H22N6OS. The maximum atomic E-state index is 12.5. The molecule has 7 nitrogen and oxygen atoms in total. The summed E-state index contributed by atoms with van der Waals surface area (Å²) in [5, 5.41) is 6.89. The fraction of sp³-hybridized carbons (Fsp3) is 0.529. The second-order valence-corrected chi connectivity index (χ2v) is 7.54. The number of amides is 1. The third-order valence-corrected chi connectivity index (χ3v) is 5.83. The van der Waals surface area contributed by atoms with E-state index in [0.717, 1.165) is 51.9 Å². The van der Waals surface area contributed by atoms with E-state index in [1.807, 2.05) is 6.20 Å². The molecule has 0 unspecified atom stereocenters. The van der Waals surface area contributed by atoms with Crippen LogP contribution in [0, 0.1) is 0 Å². The largest absolute Gasteiger partial charge is 0.341 e. The second kappa shape index (κ2) is 7.45. The van der Waals surface area contributed by atoms with Crippen molar-refractivity contribution in [3.63, 3.8) is 0 Å². The molecule has 0 bridgehead atoms. The third-order valence-electron chi connectivity index (χ3n) is 4.75. The third kappa shape index (κ3) is 3.80. The van der Waals surface area contributed by atoms with Crippen LogP contribution in [0.4, 0.5) is 11.1 Å². The molecule has 0 aliphatic carbocycles. The lowest BCUT2D eigenvalue weighted by Crippen LogP contribution is -2.26. The Labute approximate surface area is 150 Å². The van der Waals surface area contributed by atoms with Crippen LogP contribution in [0.3, 0.4) is 0 Å². The highest BCUT2D eigenvalue weighted by Crippen LogP contribution is 2.31.